The molecule has 2 unspecified atom stereocenters. The summed E-state index contributed by atoms with van der Waals surface area (Å²) in [5, 5.41) is 2.40. The first-order chi connectivity index (χ1) is 18.0. The highest BCUT2D eigenvalue weighted by atomic mass is 32.2. The lowest BCUT2D eigenvalue weighted by molar-refractivity contribution is -0.137. The molecule has 2 atom stereocenters. The standard InChI is InChI=1S/C27H26F3N3O4S/c1-3-4-18-5-10-24-21(13-18)15-25(37-24)38(35,36)33-17(2)26(34)32-16-19-11-12-31-23(14-19)20-6-8-22(9-7-20)27(28,29)30/h3-12,14-15,17-18,33H,13,16H2,1-2H3,(H,32,34)/b4-3+. The summed E-state index contributed by atoms with van der Waals surface area (Å²) in [6, 6.07) is 8.27. The van der Waals surface area contributed by atoms with Crippen molar-refractivity contribution in [1.29, 1.82) is 0 Å². The zero-order valence-corrected chi connectivity index (χ0v) is 21.4. The molecule has 1 aliphatic carbocycles. The summed E-state index contributed by atoms with van der Waals surface area (Å²) in [5.74, 6) is 0.0712. The van der Waals surface area contributed by atoms with Crippen molar-refractivity contribution in [3.63, 3.8) is 0 Å². The number of fused-ring (bicyclic) bond motifs is 1. The molecule has 0 bridgehead atoms. The molecule has 11 heteroatoms. The average molecular weight is 546 g/mol. The molecule has 1 aliphatic rings. The number of alkyl halides is 3. The summed E-state index contributed by atoms with van der Waals surface area (Å²) >= 11 is 0. The molecule has 1 aromatic carbocycles. The monoisotopic (exact) mass is 545 g/mol. The first-order valence-electron chi connectivity index (χ1n) is 11.8. The van der Waals surface area contributed by atoms with E-state index in [-0.39, 0.29) is 17.6 Å². The number of allylic oxidation sites excluding steroid dienone is 3. The van der Waals surface area contributed by atoms with Crippen molar-refractivity contribution in [2.75, 3.05) is 0 Å². The lowest BCUT2D eigenvalue weighted by atomic mass is 9.94. The van der Waals surface area contributed by atoms with Gasteiger partial charge in [0, 0.05) is 29.9 Å². The molecule has 1 amide bonds. The maximum atomic E-state index is 12.8. The van der Waals surface area contributed by atoms with Crippen LogP contribution < -0.4 is 10.0 Å². The van der Waals surface area contributed by atoms with Crippen molar-refractivity contribution in [2.45, 2.75) is 44.1 Å². The van der Waals surface area contributed by atoms with E-state index in [2.05, 4.69) is 15.0 Å². The van der Waals surface area contributed by atoms with Crippen molar-refractivity contribution >= 4 is 22.0 Å². The van der Waals surface area contributed by atoms with E-state index >= 15 is 0 Å². The van der Waals surface area contributed by atoms with Crippen LogP contribution in [0.15, 0.2) is 76.4 Å². The summed E-state index contributed by atoms with van der Waals surface area (Å²) in [5.41, 5.74) is 1.58. The second kappa shape index (κ2) is 11.0. The molecule has 0 aliphatic heterocycles. The second-order valence-electron chi connectivity index (χ2n) is 8.89. The van der Waals surface area contributed by atoms with Gasteiger partial charge in [-0.25, -0.2) is 8.42 Å². The van der Waals surface area contributed by atoms with Crippen LogP contribution in [-0.4, -0.2) is 25.4 Å². The van der Waals surface area contributed by atoms with Gasteiger partial charge in [-0.3, -0.25) is 9.78 Å². The van der Waals surface area contributed by atoms with Crippen LogP contribution in [0.25, 0.3) is 17.3 Å². The SMILES string of the molecule is C/C=C/C1C=Cc2oc(S(=O)(=O)NC(C)C(=O)NCc3ccnc(-c4ccc(C(F)(F)F)cc4)c3)cc2C1. The molecule has 0 saturated heterocycles. The van der Waals surface area contributed by atoms with Gasteiger partial charge >= 0.3 is 6.18 Å². The molecule has 0 saturated carbocycles. The van der Waals surface area contributed by atoms with Crippen molar-refractivity contribution in [3.05, 3.63) is 89.3 Å². The third-order valence-electron chi connectivity index (χ3n) is 6.00. The molecular formula is C27H26F3N3O4S. The summed E-state index contributed by atoms with van der Waals surface area (Å²) in [6.07, 6.45) is 5.29. The van der Waals surface area contributed by atoms with E-state index in [1.807, 2.05) is 25.2 Å². The van der Waals surface area contributed by atoms with Crippen LogP contribution in [0.2, 0.25) is 0 Å². The van der Waals surface area contributed by atoms with Crippen molar-refractivity contribution in [2.24, 2.45) is 5.92 Å². The quantitative estimate of drug-likeness (QED) is 0.384. The molecule has 2 aromatic heterocycles. The lowest BCUT2D eigenvalue weighted by Crippen LogP contribution is -2.44. The van der Waals surface area contributed by atoms with Gasteiger partial charge in [0.15, 0.2) is 0 Å². The molecule has 2 N–H and O–H groups in total. The van der Waals surface area contributed by atoms with Gasteiger partial charge in [-0.1, -0.05) is 30.4 Å². The number of hydrogen-bond donors (Lipinski definition) is 2. The molecule has 7 nitrogen and oxygen atoms in total. The molecule has 2 heterocycles. The molecule has 0 radical (unpaired) electrons. The van der Waals surface area contributed by atoms with Crippen LogP contribution in [0, 0.1) is 5.92 Å². The van der Waals surface area contributed by atoms with E-state index in [4.69, 9.17) is 4.42 Å². The minimum atomic E-state index is -4.43. The maximum Gasteiger partial charge on any atom is 0.416 e. The van der Waals surface area contributed by atoms with Crippen LogP contribution >= 0.6 is 0 Å². The van der Waals surface area contributed by atoms with E-state index in [0.29, 0.717) is 29.0 Å². The van der Waals surface area contributed by atoms with Crippen molar-refractivity contribution < 1.29 is 30.8 Å². The first-order valence-corrected chi connectivity index (χ1v) is 13.3. The molecule has 200 valence electrons. The fourth-order valence-corrected chi connectivity index (χ4v) is 5.21. The Morgan fingerprint density at radius 1 is 1.21 bits per heavy atom. The van der Waals surface area contributed by atoms with Gasteiger partial charge < -0.3 is 9.73 Å². The first kappa shape index (κ1) is 27.3. The number of aromatic nitrogens is 1. The number of benzene rings is 1. The second-order valence-corrected chi connectivity index (χ2v) is 10.5. The molecule has 0 fully saturated rings. The largest absolute Gasteiger partial charge is 0.444 e. The number of nitrogens with zero attached hydrogens (tertiary/aromatic N) is 1. The van der Waals surface area contributed by atoms with Crippen molar-refractivity contribution in [1.82, 2.24) is 15.0 Å². The lowest BCUT2D eigenvalue weighted by Gasteiger charge is -2.14. The molecule has 3 aromatic rings. The predicted octanol–water partition coefficient (Wildman–Crippen LogP) is 5.11. The Morgan fingerprint density at radius 2 is 1.95 bits per heavy atom. The van der Waals surface area contributed by atoms with Crippen LogP contribution in [0.3, 0.4) is 0 Å². The average Bonchev–Trinajstić information content (AvgIpc) is 3.32. The zero-order chi connectivity index (χ0) is 27.5. The smallest absolute Gasteiger partial charge is 0.416 e. The number of sulfonamides is 1. The van der Waals surface area contributed by atoms with Gasteiger partial charge in [0.25, 0.3) is 10.0 Å². The Hall–Kier alpha value is -3.70. The number of nitrogens with one attached hydrogen (secondary N) is 2. The predicted molar refractivity (Wildman–Crippen MR) is 136 cm³/mol. The van der Waals surface area contributed by atoms with Gasteiger partial charge in [0.1, 0.15) is 5.76 Å². The normalized spacial score (nSPS) is 16.4. The van der Waals surface area contributed by atoms with Crippen LogP contribution in [0.5, 0.6) is 0 Å². The summed E-state index contributed by atoms with van der Waals surface area (Å²) in [6.45, 7) is 3.39. The fraction of sp³-hybridized carbons (Fsp3) is 0.259. The van der Waals surface area contributed by atoms with Gasteiger partial charge in [0.05, 0.1) is 17.3 Å². The Morgan fingerprint density at radius 3 is 2.63 bits per heavy atom. The van der Waals surface area contributed by atoms with Crippen LogP contribution in [0.1, 0.15) is 36.3 Å². The van der Waals surface area contributed by atoms with E-state index in [0.717, 1.165) is 17.7 Å². The highest BCUT2D eigenvalue weighted by Crippen LogP contribution is 2.31. The Balaban J connectivity index is 1.37. The summed E-state index contributed by atoms with van der Waals surface area (Å²) < 4.78 is 72.0. The zero-order valence-electron chi connectivity index (χ0n) is 20.6. The third-order valence-corrected chi connectivity index (χ3v) is 7.39. The summed E-state index contributed by atoms with van der Waals surface area (Å²) in [4.78, 5) is 16.8. The molecule has 0 spiro atoms. The molecule has 4 rings (SSSR count). The highest BCUT2D eigenvalue weighted by molar-refractivity contribution is 7.89. The van der Waals surface area contributed by atoms with Crippen molar-refractivity contribution in [3.8, 4) is 11.3 Å². The van der Waals surface area contributed by atoms with Crippen LogP contribution in [0.4, 0.5) is 13.2 Å². The van der Waals surface area contributed by atoms with E-state index in [1.54, 1.807) is 18.2 Å². The number of hydrogen-bond acceptors (Lipinski definition) is 5. The number of carbonyl (C=O) groups is 1. The van der Waals surface area contributed by atoms with Gasteiger partial charge in [-0.05, 0) is 62.1 Å². The maximum absolute atomic E-state index is 12.8. The number of amides is 1. The van der Waals surface area contributed by atoms with Gasteiger partial charge in [-0.15, -0.1) is 0 Å². The van der Waals surface area contributed by atoms with E-state index in [1.165, 1.54) is 31.3 Å². The third kappa shape index (κ3) is 6.40. The van der Waals surface area contributed by atoms with Gasteiger partial charge in [-0.2, -0.15) is 17.9 Å². The minimum Gasteiger partial charge on any atom is -0.444 e. The Kier molecular flexibility index (Phi) is 7.89. The number of carbonyl (C=O) groups excluding carboxylic acids is 1. The van der Waals surface area contributed by atoms with Crippen LogP contribution in [-0.2, 0) is 34.0 Å². The van der Waals surface area contributed by atoms with Gasteiger partial charge in [0.2, 0.25) is 11.0 Å². The number of pyridine rings is 1. The molecule has 38 heavy (non-hydrogen) atoms. The molecular weight excluding hydrogens is 519 g/mol. The number of halogens is 3. The number of furan rings is 1. The Bertz CT molecular complexity index is 1480. The fourth-order valence-electron chi connectivity index (χ4n) is 4.02. The van der Waals surface area contributed by atoms with E-state index in [9.17, 15) is 26.4 Å². The summed E-state index contributed by atoms with van der Waals surface area (Å²) in [7, 11) is -4.09. The van der Waals surface area contributed by atoms with E-state index < -0.39 is 33.7 Å². The minimum absolute atomic E-state index is 0.0627. The number of rotatable bonds is 8. The highest BCUT2D eigenvalue weighted by Gasteiger charge is 2.30. The Labute approximate surface area is 218 Å². The topological polar surface area (TPSA) is 101 Å².